The molecular formula is C20H15N3O8S2. The first kappa shape index (κ1) is 22.4. The van der Waals surface area contributed by atoms with Crippen LogP contribution < -0.4 is 4.90 Å². The number of amides is 1. The first-order chi connectivity index (χ1) is 15.7. The number of ketones is 1. The maximum absolute atomic E-state index is 12.9. The average Bonchev–Trinajstić information content (AvgIpc) is 3.54. The second-order valence-electron chi connectivity index (χ2n) is 6.88. The minimum Gasteiger partial charge on any atom is -0.503 e. The summed E-state index contributed by atoms with van der Waals surface area (Å²) in [6.07, 6.45) is 2.58. The van der Waals surface area contributed by atoms with Crippen molar-refractivity contribution in [3.8, 4) is 0 Å². The molecule has 0 radical (unpaired) electrons. The predicted octanol–water partition coefficient (Wildman–Crippen LogP) is 3.30. The van der Waals surface area contributed by atoms with Crippen LogP contribution in [-0.2, 0) is 14.6 Å². The number of thiazole rings is 1. The number of carbonyl (C=O) groups excluding carboxylic acids is 2. The highest BCUT2D eigenvalue weighted by Gasteiger charge is 2.45. The Bertz CT molecular complexity index is 1390. The number of hydrogen-bond acceptors (Lipinski definition) is 10. The molecule has 2 aromatic heterocycles. The van der Waals surface area contributed by atoms with E-state index in [4.69, 9.17) is 4.42 Å². The molecule has 170 valence electrons. The average molecular weight is 489 g/mol. The zero-order valence-corrected chi connectivity index (χ0v) is 18.5. The van der Waals surface area contributed by atoms with Crippen LogP contribution in [-0.4, -0.2) is 41.2 Å². The summed E-state index contributed by atoms with van der Waals surface area (Å²) in [5.74, 6) is -2.34. The number of hydrogen-bond donors (Lipinski definition) is 1. The van der Waals surface area contributed by atoms with Crippen molar-refractivity contribution in [2.24, 2.45) is 0 Å². The number of nitrogens with zero attached hydrogens (tertiary/aromatic N) is 3. The second-order valence-corrected chi connectivity index (χ2v) is 10.1. The second kappa shape index (κ2) is 8.26. The third-order valence-electron chi connectivity index (χ3n) is 5.00. The highest BCUT2D eigenvalue weighted by Crippen LogP contribution is 2.38. The number of anilines is 1. The van der Waals surface area contributed by atoms with Gasteiger partial charge in [0.15, 0.2) is 16.7 Å². The molecule has 1 aliphatic heterocycles. The van der Waals surface area contributed by atoms with Gasteiger partial charge in [0.1, 0.15) is 4.21 Å². The van der Waals surface area contributed by atoms with Crippen LogP contribution in [0.2, 0.25) is 0 Å². The van der Waals surface area contributed by atoms with Crippen molar-refractivity contribution in [2.75, 3.05) is 4.90 Å². The van der Waals surface area contributed by atoms with Crippen molar-refractivity contribution < 1.29 is 32.5 Å². The Kier molecular flexibility index (Phi) is 5.59. The van der Waals surface area contributed by atoms with Gasteiger partial charge in [0.05, 0.1) is 33.9 Å². The molecule has 0 aliphatic carbocycles. The number of aliphatic hydroxyl groups is 1. The number of aromatic nitrogens is 1. The fraction of sp³-hybridized carbons (Fsp3) is 0.150. The predicted molar refractivity (Wildman–Crippen MR) is 115 cm³/mol. The van der Waals surface area contributed by atoms with E-state index in [2.05, 4.69) is 4.98 Å². The third-order valence-corrected chi connectivity index (χ3v) is 8.23. The lowest BCUT2D eigenvalue weighted by atomic mass is 10.00. The van der Waals surface area contributed by atoms with Gasteiger partial charge in [0.2, 0.25) is 15.6 Å². The number of sulfone groups is 1. The van der Waals surface area contributed by atoms with Gasteiger partial charge in [-0.1, -0.05) is 18.3 Å². The number of carbonyl (C=O) groups is 2. The Morgan fingerprint density at radius 1 is 1.30 bits per heavy atom. The first-order valence-corrected chi connectivity index (χ1v) is 11.8. The summed E-state index contributed by atoms with van der Waals surface area (Å²) in [7, 11) is -4.07. The smallest absolute Gasteiger partial charge is 0.296 e. The molecule has 3 heterocycles. The van der Waals surface area contributed by atoms with Crippen LogP contribution in [0.3, 0.4) is 0 Å². The van der Waals surface area contributed by atoms with Gasteiger partial charge in [-0.2, -0.15) is 0 Å². The lowest BCUT2D eigenvalue weighted by molar-refractivity contribution is -0.384. The molecule has 0 bridgehead atoms. The Morgan fingerprint density at radius 2 is 2.00 bits per heavy atom. The summed E-state index contributed by atoms with van der Waals surface area (Å²) in [5.41, 5.74) is -0.421. The summed E-state index contributed by atoms with van der Waals surface area (Å²) < 4.78 is 30.8. The molecular weight excluding hydrogens is 474 g/mol. The molecule has 33 heavy (non-hydrogen) atoms. The molecule has 0 spiro atoms. The Morgan fingerprint density at radius 3 is 2.58 bits per heavy atom. The Hall–Kier alpha value is -3.84. The van der Waals surface area contributed by atoms with Gasteiger partial charge in [0, 0.05) is 12.1 Å². The maximum atomic E-state index is 12.9. The third kappa shape index (κ3) is 3.70. The van der Waals surface area contributed by atoms with Crippen LogP contribution in [0, 0.1) is 10.1 Å². The number of non-ortho nitro benzene ring substituents is 1. The molecule has 1 aliphatic rings. The van der Waals surface area contributed by atoms with Crippen molar-refractivity contribution in [2.45, 2.75) is 28.5 Å². The van der Waals surface area contributed by atoms with Crippen molar-refractivity contribution in [1.29, 1.82) is 0 Å². The van der Waals surface area contributed by atoms with Gasteiger partial charge in [0.25, 0.3) is 11.6 Å². The van der Waals surface area contributed by atoms with Crippen LogP contribution in [0.15, 0.2) is 73.7 Å². The van der Waals surface area contributed by atoms with Crippen molar-refractivity contribution in [3.05, 3.63) is 76.1 Å². The fourth-order valence-corrected chi connectivity index (χ4v) is 5.98. The number of nitro groups is 1. The van der Waals surface area contributed by atoms with E-state index in [1.807, 2.05) is 0 Å². The van der Waals surface area contributed by atoms with E-state index in [-0.39, 0.29) is 37.7 Å². The van der Waals surface area contributed by atoms with E-state index in [1.54, 1.807) is 6.92 Å². The molecule has 0 fully saturated rings. The number of Topliss-reactive ketones (excluding diaryl/α,β-unsaturated/α-hetero) is 1. The van der Waals surface area contributed by atoms with E-state index in [0.29, 0.717) is 11.3 Å². The fourth-order valence-electron chi connectivity index (χ4n) is 3.41. The van der Waals surface area contributed by atoms with Crippen LogP contribution in [0.5, 0.6) is 0 Å². The molecule has 1 unspecified atom stereocenters. The highest BCUT2D eigenvalue weighted by molar-refractivity contribution is 7.93. The maximum Gasteiger partial charge on any atom is 0.296 e. The van der Waals surface area contributed by atoms with Crippen LogP contribution in [0.25, 0.3) is 0 Å². The van der Waals surface area contributed by atoms with E-state index < -0.39 is 38.3 Å². The van der Waals surface area contributed by atoms with Gasteiger partial charge < -0.3 is 9.52 Å². The monoisotopic (exact) mass is 489 g/mol. The largest absolute Gasteiger partial charge is 0.503 e. The molecule has 1 atom stereocenters. The van der Waals surface area contributed by atoms with Gasteiger partial charge in [-0.3, -0.25) is 24.6 Å². The number of nitro benzene ring substituents is 1. The minimum absolute atomic E-state index is 0.0267. The first-order valence-electron chi connectivity index (χ1n) is 9.47. The number of benzene rings is 1. The molecule has 1 N–H and O–H groups in total. The molecule has 3 aromatic rings. The number of rotatable bonds is 7. The topological polar surface area (TPSA) is 161 Å². The standard InChI is InChI=1S/C20H15N3O8S2/c1-2-13-16(17(24)14-4-3-9-31-14)18(25)19(26)22(13)20-21-10-15(32-20)33(29,30)12-7-5-11(6-8-12)23(27)28/h3-10,13,25H,2H2,1H3. The zero-order chi connectivity index (χ0) is 23.9. The van der Waals surface area contributed by atoms with Crippen LogP contribution >= 0.6 is 11.3 Å². The molecule has 1 amide bonds. The molecule has 4 rings (SSSR count). The van der Waals surface area contributed by atoms with Crippen molar-refractivity contribution in [3.63, 3.8) is 0 Å². The zero-order valence-electron chi connectivity index (χ0n) is 16.9. The molecule has 1 aromatic carbocycles. The molecule has 13 heteroatoms. The molecule has 0 saturated carbocycles. The minimum atomic E-state index is -4.07. The van der Waals surface area contributed by atoms with Crippen molar-refractivity contribution >= 4 is 43.7 Å². The number of aliphatic hydroxyl groups excluding tert-OH is 1. The summed E-state index contributed by atoms with van der Waals surface area (Å²) in [6.45, 7) is 1.70. The van der Waals surface area contributed by atoms with Gasteiger partial charge in [-0.25, -0.2) is 13.4 Å². The van der Waals surface area contributed by atoms with Crippen LogP contribution in [0.4, 0.5) is 10.8 Å². The van der Waals surface area contributed by atoms with E-state index in [9.17, 15) is 33.2 Å². The van der Waals surface area contributed by atoms with Gasteiger partial charge in [-0.15, -0.1) is 0 Å². The quantitative estimate of drug-likeness (QED) is 0.298. The normalized spacial score (nSPS) is 16.5. The highest BCUT2D eigenvalue weighted by atomic mass is 32.2. The summed E-state index contributed by atoms with van der Waals surface area (Å²) in [4.78, 5) is 40.7. The van der Waals surface area contributed by atoms with Gasteiger partial charge >= 0.3 is 0 Å². The Labute approximate surface area is 190 Å². The lowest BCUT2D eigenvalue weighted by Gasteiger charge is -2.22. The van der Waals surface area contributed by atoms with Crippen LogP contribution in [0.1, 0.15) is 23.9 Å². The Balaban J connectivity index is 1.67. The van der Waals surface area contributed by atoms with E-state index in [1.165, 1.54) is 18.4 Å². The van der Waals surface area contributed by atoms with Crippen molar-refractivity contribution in [1.82, 2.24) is 4.98 Å². The SMILES string of the molecule is CCC1C(C(=O)c2ccco2)=C(O)C(=O)N1c1ncc(S(=O)(=O)c2ccc([N+](=O)[O-])cc2)s1. The van der Waals surface area contributed by atoms with E-state index in [0.717, 1.165) is 35.4 Å². The van der Waals surface area contributed by atoms with E-state index >= 15 is 0 Å². The van der Waals surface area contributed by atoms with Gasteiger partial charge in [-0.05, 0) is 30.7 Å². The lowest BCUT2D eigenvalue weighted by Crippen LogP contribution is -2.36. The summed E-state index contributed by atoms with van der Waals surface area (Å²) >= 11 is 0.678. The summed E-state index contributed by atoms with van der Waals surface area (Å²) in [6, 6.07) is 6.38. The molecule has 0 saturated heterocycles. The number of furan rings is 1. The summed E-state index contributed by atoms with van der Waals surface area (Å²) in [5, 5.41) is 21.2. The molecule has 11 nitrogen and oxygen atoms in total.